The summed E-state index contributed by atoms with van der Waals surface area (Å²) in [5.74, 6) is -0.716. The standard InChI is InChI=1S/C12H19NO5/c1-3-5-13(8-11(14)17-4-2)12(15)10-9-16-6-7-18-10/h3,10H,1,4-9H2,2H3. The first kappa shape index (κ1) is 14.7. The third-order valence-corrected chi connectivity index (χ3v) is 2.38. The number of carbonyl (C=O) groups excluding carboxylic acids is 2. The molecule has 0 aliphatic carbocycles. The van der Waals surface area contributed by atoms with Gasteiger partial charge in [0.1, 0.15) is 6.54 Å². The van der Waals surface area contributed by atoms with Gasteiger partial charge in [0.15, 0.2) is 6.10 Å². The highest BCUT2D eigenvalue weighted by Crippen LogP contribution is 2.06. The number of rotatable bonds is 6. The second kappa shape index (κ2) is 7.84. The monoisotopic (exact) mass is 257 g/mol. The zero-order chi connectivity index (χ0) is 13.4. The van der Waals surface area contributed by atoms with Crippen LogP contribution in [0.5, 0.6) is 0 Å². The molecule has 1 rings (SSSR count). The van der Waals surface area contributed by atoms with E-state index in [1.165, 1.54) is 4.90 Å². The van der Waals surface area contributed by atoms with Gasteiger partial charge in [-0.25, -0.2) is 0 Å². The third kappa shape index (κ3) is 4.46. The Morgan fingerprint density at radius 1 is 1.50 bits per heavy atom. The Kier molecular flexibility index (Phi) is 6.38. The molecule has 1 fully saturated rings. The van der Waals surface area contributed by atoms with Gasteiger partial charge in [-0.1, -0.05) is 6.08 Å². The third-order valence-electron chi connectivity index (χ3n) is 2.38. The Bertz CT molecular complexity index is 299. The quantitative estimate of drug-likeness (QED) is 0.494. The van der Waals surface area contributed by atoms with Crippen LogP contribution in [0.4, 0.5) is 0 Å². The van der Waals surface area contributed by atoms with Gasteiger partial charge in [-0.3, -0.25) is 9.59 Å². The number of esters is 1. The Morgan fingerprint density at radius 2 is 2.28 bits per heavy atom. The molecule has 1 aliphatic rings. The lowest BCUT2D eigenvalue weighted by Gasteiger charge is -2.28. The van der Waals surface area contributed by atoms with Crippen LogP contribution in [0.3, 0.4) is 0 Å². The smallest absolute Gasteiger partial charge is 0.325 e. The van der Waals surface area contributed by atoms with Gasteiger partial charge >= 0.3 is 5.97 Å². The minimum atomic E-state index is -0.645. The van der Waals surface area contributed by atoms with Crippen LogP contribution in [0.1, 0.15) is 6.92 Å². The zero-order valence-electron chi connectivity index (χ0n) is 10.6. The molecule has 0 aromatic carbocycles. The Balaban J connectivity index is 2.55. The maximum atomic E-state index is 12.1. The molecule has 0 N–H and O–H groups in total. The van der Waals surface area contributed by atoms with Crippen LogP contribution in [0.15, 0.2) is 12.7 Å². The van der Waals surface area contributed by atoms with Crippen molar-refractivity contribution in [2.24, 2.45) is 0 Å². The van der Waals surface area contributed by atoms with Gasteiger partial charge in [-0.15, -0.1) is 6.58 Å². The molecule has 0 bridgehead atoms. The SMILES string of the molecule is C=CCN(CC(=O)OCC)C(=O)C1COCCO1. The van der Waals surface area contributed by atoms with Crippen LogP contribution in [-0.2, 0) is 23.8 Å². The average molecular weight is 257 g/mol. The summed E-state index contributed by atoms with van der Waals surface area (Å²) in [6.45, 7) is 6.84. The van der Waals surface area contributed by atoms with Crippen molar-refractivity contribution < 1.29 is 23.8 Å². The first-order chi connectivity index (χ1) is 8.69. The molecule has 0 aromatic rings. The van der Waals surface area contributed by atoms with E-state index in [2.05, 4.69) is 6.58 Å². The first-order valence-electron chi connectivity index (χ1n) is 5.93. The summed E-state index contributed by atoms with van der Waals surface area (Å²) in [6.07, 6.45) is 0.911. The van der Waals surface area contributed by atoms with Crippen LogP contribution < -0.4 is 0 Å². The Labute approximate surface area is 106 Å². The highest BCUT2D eigenvalue weighted by atomic mass is 16.6. The van der Waals surface area contributed by atoms with Gasteiger partial charge in [0.25, 0.3) is 5.91 Å². The van der Waals surface area contributed by atoms with E-state index in [1.807, 2.05) is 0 Å². The van der Waals surface area contributed by atoms with E-state index in [4.69, 9.17) is 14.2 Å². The Morgan fingerprint density at radius 3 is 2.83 bits per heavy atom. The normalized spacial score (nSPS) is 19.1. The lowest BCUT2D eigenvalue weighted by atomic mass is 10.3. The lowest BCUT2D eigenvalue weighted by Crippen LogP contribution is -2.47. The Hall–Kier alpha value is -1.40. The molecule has 0 radical (unpaired) electrons. The van der Waals surface area contributed by atoms with Gasteiger partial charge < -0.3 is 19.1 Å². The predicted octanol–water partition coefficient (Wildman–Crippen LogP) is -0.0205. The van der Waals surface area contributed by atoms with Crippen LogP contribution in [0, 0.1) is 0 Å². The van der Waals surface area contributed by atoms with Crippen molar-refractivity contribution in [3.05, 3.63) is 12.7 Å². The predicted molar refractivity (Wildman–Crippen MR) is 64.0 cm³/mol. The number of ether oxygens (including phenoxy) is 3. The number of hydrogen-bond acceptors (Lipinski definition) is 5. The van der Waals surface area contributed by atoms with Crippen molar-refractivity contribution in [2.75, 3.05) is 39.5 Å². The molecule has 1 aliphatic heterocycles. The van der Waals surface area contributed by atoms with Crippen LogP contribution in [0.2, 0.25) is 0 Å². The van der Waals surface area contributed by atoms with Crippen LogP contribution in [0.25, 0.3) is 0 Å². The molecule has 18 heavy (non-hydrogen) atoms. The van der Waals surface area contributed by atoms with Crippen molar-refractivity contribution in [3.8, 4) is 0 Å². The largest absolute Gasteiger partial charge is 0.465 e. The van der Waals surface area contributed by atoms with Crippen molar-refractivity contribution in [1.82, 2.24) is 4.90 Å². The van der Waals surface area contributed by atoms with E-state index >= 15 is 0 Å². The molecule has 102 valence electrons. The second-order valence-electron chi connectivity index (χ2n) is 3.75. The highest BCUT2D eigenvalue weighted by Gasteiger charge is 2.28. The van der Waals surface area contributed by atoms with Crippen LogP contribution >= 0.6 is 0 Å². The van der Waals surface area contributed by atoms with Gasteiger partial charge in [0.2, 0.25) is 0 Å². The zero-order valence-corrected chi connectivity index (χ0v) is 10.6. The lowest BCUT2D eigenvalue weighted by molar-refractivity contribution is -0.162. The maximum absolute atomic E-state index is 12.1. The van der Waals surface area contributed by atoms with E-state index in [9.17, 15) is 9.59 Å². The van der Waals surface area contributed by atoms with Crippen molar-refractivity contribution in [3.63, 3.8) is 0 Å². The molecule has 6 heteroatoms. The summed E-state index contributed by atoms with van der Waals surface area (Å²) >= 11 is 0. The topological polar surface area (TPSA) is 65.1 Å². The van der Waals surface area contributed by atoms with E-state index < -0.39 is 12.1 Å². The van der Waals surface area contributed by atoms with Gasteiger partial charge in [0.05, 0.1) is 26.4 Å². The molecule has 1 heterocycles. The van der Waals surface area contributed by atoms with Crippen molar-refractivity contribution >= 4 is 11.9 Å². The summed E-state index contributed by atoms with van der Waals surface area (Å²) in [6, 6.07) is 0. The van der Waals surface area contributed by atoms with Gasteiger partial charge in [-0.05, 0) is 6.92 Å². The second-order valence-corrected chi connectivity index (χ2v) is 3.75. The van der Waals surface area contributed by atoms with E-state index in [1.54, 1.807) is 13.0 Å². The van der Waals surface area contributed by atoms with Gasteiger partial charge in [0, 0.05) is 6.54 Å². The minimum absolute atomic E-state index is 0.0987. The van der Waals surface area contributed by atoms with Gasteiger partial charge in [-0.2, -0.15) is 0 Å². The molecule has 1 atom stereocenters. The fraction of sp³-hybridized carbons (Fsp3) is 0.667. The minimum Gasteiger partial charge on any atom is -0.465 e. The molecular weight excluding hydrogens is 238 g/mol. The molecule has 6 nitrogen and oxygen atoms in total. The molecule has 1 unspecified atom stereocenters. The van der Waals surface area contributed by atoms with E-state index in [0.717, 1.165) is 0 Å². The fourth-order valence-corrected chi connectivity index (χ4v) is 1.58. The average Bonchev–Trinajstić information content (AvgIpc) is 2.39. The summed E-state index contributed by atoms with van der Waals surface area (Å²) in [5, 5.41) is 0. The van der Waals surface area contributed by atoms with E-state index in [-0.39, 0.29) is 32.2 Å². The molecule has 0 spiro atoms. The van der Waals surface area contributed by atoms with Crippen LogP contribution in [-0.4, -0.2) is 62.4 Å². The van der Waals surface area contributed by atoms with Crippen molar-refractivity contribution in [1.29, 1.82) is 0 Å². The molecule has 1 saturated heterocycles. The number of nitrogens with zero attached hydrogens (tertiary/aromatic N) is 1. The first-order valence-corrected chi connectivity index (χ1v) is 5.93. The summed E-state index contributed by atoms with van der Waals surface area (Å²) < 4.78 is 15.3. The molecule has 0 saturated carbocycles. The number of hydrogen-bond donors (Lipinski definition) is 0. The van der Waals surface area contributed by atoms with Crippen molar-refractivity contribution in [2.45, 2.75) is 13.0 Å². The fourth-order valence-electron chi connectivity index (χ4n) is 1.58. The maximum Gasteiger partial charge on any atom is 0.325 e. The number of carbonyl (C=O) groups is 2. The summed E-state index contributed by atoms with van der Waals surface area (Å²) in [7, 11) is 0. The molecular formula is C12H19NO5. The van der Waals surface area contributed by atoms with E-state index in [0.29, 0.717) is 13.2 Å². The molecule has 0 aromatic heterocycles. The molecule has 1 amide bonds. The highest BCUT2D eigenvalue weighted by molar-refractivity contribution is 5.85. The summed E-state index contributed by atoms with van der Waals surface area (Å²) in [4.78, 5) is 24.8. The number of amides is 1. The summed E-state index contributed by atoms with van der Waals surface area (Å²) in [5.41, 5.74) is 0.